The van der Waals surface area contributed by atoms with Crippen LogP contribution >= 0.6 is 11.3 Å². The highest BCUT2D eigenvalue weighted by atomic mass is 32.1. The smallest absolute Gasteiger partial charge is 0.315 e. The number of nitrogens with zero attached hydrogens (tertiary/aromatic N) is 1. The van der Waals surface area contributed by atoms with E-state index in [4.69, 9.17) is 4.74 Å². The molecule has 0 radical (unpaired) electrons. The molecule has 1 aromatic heterocycles. The van der Waals surface area contributed by atoms with Gasteiger partial charge in [-0.05, 0) is 32.4 Å². The van der Waals surface area contributed by atoms with E-state index in [9.17, 15) is 4.79 Å². The van der Waals surface area contributed by atoms with Gasteiger partial charge in [-0.3, -0.25) is 0 Å². The summed E-state index contributed by atoms with van der Waals surface area (Å²) in [6.45, 7) is 5.72. The molecule has 21 heavy (non-hydrogen) atoms. The molecule has 114 valence electrons. The van der Waals surface area contributed by atoms with Crippen LogP contribution in [-0.4, -0.2) is 30.3 Å². The third-order valence-corrected chi connectivity index (χ3v) is 3.83. The number of hydrogen-bond acceptors (Lipinski definition) is 4. The van der Waals surface area contributed by atoms with Gasteiger partial charge < -0.3 is 15.4 Å². The summed E-state index contributed by atoms with van der Waals surface area (Å²) in [5, 5.41) is 6.54. The molecular weight excluding hydrogens is 286 g/mol. The van der Waals surface area contributed by atoms with Gasteiger partial charge in [-0.1, -0.05) is 12.1 Å². The monoisotopic (exact) mass is 307 g/mol. The number of benzene rings is 1. The maximum atomic E-state index is 11.6. The minimum absolute atomic E-state index is 0.168. The number of thiazole rings is 1. The zero-order chi connectivity index (χ0) is 15.1. The van der Waals surface area contributed by atoms with Gasteiger partial charge in [0.1, 0.15) is 5.01 Å². The Kier molecular flexibility index (Phi) is 5.95. The average molecular weight is 307 g/mol. The molecule has 0 bridgehead atoms. The van der Waals surface area contributed by atoms with Crippen molar-refractivity contribution in [3.63, 3.8) is 0 Å². The fourth-order valence-electron chi connectivity index (χ4n) is 1.81. The van der Waals surface area contributed by atoms with Gasteiger partial charge in [0.2, 0.25) is 0 Å². The number of hydrogen-bond donors (Lipinski definition) is 2. The molecule has 1 heterocycles. The van der Waals surface area contributed by atoms with Gasteiger partial charge in [0.05, 0.1) is 22.9 Å². The second kappa shape index (κ2) is 7.95. The molecule has 0 spiro atoms. The summed E-state index contributed by atoms with van der Waals surface area (Å²) < 4.78 is 6.55. The van der Waals surface area contributed by atoms with Crippen LogP contribution in [0.5, 0.6) is 0 Å². The Hall–Kier alpha value is -1.66. The average Bonchev–Trinajstić information content (AvgIpc) is 2.87. The van der Waals surface area contributed by atoms with E-state index >= 15 is 0 Å². The molecule has 0 saturated heterocycles. The summed E-state index contributed by atoms with van der Waals surface area (Å²) in [6.07, 6.45) is 1.05. The summed E-state index contributed by atoms with van der Waals surface area (Å²) in [7, 11) is 0. The largest absolute Gasteiger partial charge is 0.379 e. The summed E-state index contributed by atoms with van der Waals surface area (Å²) in [4.78, 5) is 16.1. The highest BCUT2D eigenvalue weighted by Gasteiger charge is 2.05. The van der Waals surface area contributed by atoms with E-state index in [-0.39, 0.29) is 12.1 Å². The van der Waals surface area contributed by atoms with E-state index in [2.05, 4.69) is 15.6 Å². The van der Waals surface area contributed by atoms with Gasteiger partial charge in [0, 0.05) is 13.2 Å². The number of para-hydroxylation sites is 1. The summed E-state index contributed by atoms with van der Waals surface area (Å²) in [5.74, 6) is 0. The molecule has 0 aliphatic rings. The minimum atomic E-state index is -0.168. The summed E-state index contributed by atoms with van der Waals surface area (Å²) in [6, 6.07) is 7.79. The number of carbonyl (C=O) groups excluding carboxylic acids is 1. The van der Waals surface area contributed by atoms with Crippen molar-refractivity contribution >= 4 is 27.6 Å². The number of carbonyl (C=O) groups is 1. The SMILES string of the molecule is CC(C)OCCCNC(=O)NCc1nc2ccccc2s1. The first kappa shape index (κ1) is 15.7. The lowest BCUT2D eigenvalue weighted by atomic mass is 10.3. The number of amides is 2. The van der Waals surface area contributed by atoms with E-state index in [0.29, 0.717) is 19.7 Å². The Morgan fingerprint density at radius 1 is 1.33 bits per heavy atom. The molecule has 0 aliphatic heterocycles. The number of ether oxygens (including phenoxy) is 1. The Balaban J connectivity index is 1.66. The van der Waals surface area contributed by atoms with Crippen molar-refractivity contribution in [1.29, 1.82) is 0 Å². The first-order valence-corrected chi connectivity index (χ1v) is 7.94. The highest BCUT2D eigenvalue weighted by Crippen LogP contribution is 2.21. The lowest BCUT2D eigenvalue weighted by Crippen LogP contribution is -2.35. The van der Waals surface area contributed by atoms with Gasteiger partial charge >= 0.3 is 6.03 Å². The van der Waals surface area contributed by atoms with Crippen LogP contribution in [0.4, 0.5) is 4.79 Å². The van der Waals surface area contributed by atoms with E-state index in [1.807, 2.05) is 38.1 Å². The number of aromatic nitrogens is 1. The standard InChI is InChI=1S/C15H21N3O2S/c1-11(2)20-9-5-8-16-15(19)17-10-14-18-12-6-3-4-7-13(12)21-14/h3-4,6-7,11H,5,8-10H2,1-2H3,(H2,16,17,19). The van der Waals surface area contributed by atoms with Crippen LogP contribution in [0.3, 0.4) is 0 Å². The van der Waals surface area contributed by atoms with Gasteiger partial charge in [-0.15, -0.1) is 11.3 Å². The van der Waals surface area contributed by atoms with E-state index in [1.165, 1.54) is 0 Å². The van der Waals surface area contributed by atoms with Crippen molar-refractivity contribution < 1.29 is 9.53 Å². The summed E-state index contributed by atoms with van der Waals surface area (Å²) in [5.41, 5.74) is 0.977. The molecule has 2 rings (SSSR count). The van der Waals surface area contributed by atoms with Crippen molar-refractivity contribution in [1.82, 2.24) is 15.6 Å². The minimum Gasteiger partial charge on any atom is -0.379 e. The van der Waals surface area contributed by atoms with Crippen LogP contribution in [0, 0.1) is 0 Å². The molecule has 5 nitrogen and oxygen atoms in total. The predicted molar refractivity (Wildman–Crippen MR) is 85.6 cm³/mol. The maximum absolute atomic E-state index is 11.6. The fraction of sp³-hybridized carbons (Fsp3) is 0.467. The van der Waals surface area contributed by atoms with Crippen LogP contribution in [0.15, 0.2) is 24.3 Å². The molecule has 0 saturated carbocycles. The van der Waals surface area contributed by atoms with Crippen molar-refractivity contribution in [2.24, 2.45) is 0 Å². The zero-order valence-electron chi connectivity index (χ0n) is 12.4. The topological polar surface area (TPSA) is 63.2 Å². The van der Waals surface area contributed by atoms with Crippen LogP contribution in [-0.2, 0) is 11.3 Å². The quantitative estimate of drug-likeness (QED) is 0.773. The lowest BCUT2D eigenvalue weighted by Gasteiger charge is -2.08. The van der Waals surface area contributed by atoms with Crippen LogP contribution < -0.4 is 10.6 Å². The number of nitrogens with one attached hydrogen (secondary N) is 2. The third-order valence-electron chi connectivity index (χ3n) is 2.80. The second-order valence-corrected chi connectivity index (χ2v) is 6.07. The molecule has 0 atom stereocenters. The van der Waals surface area contributed by atoms with Gasteiger partial charge in [0.25, 0.3) is 0 Å². The van der Waals surface area contributed by atoms with Crippen molar-refractivity contribution in [3.05, 3.63) is 29.3 Å². The van der Waals surface area contributed by atoms with Crippen LogP contribution in [0.25, 0.3) is 10.2 Å². The van der Waals surface area contributed by atoms with Gasteiger partial charge in [0.15, 0.2) is 0 Å². The second-order valence-electron chi connectivity index (χ2n) is 4.96. The fourth-order valence-corrected chi connectivity index (χ4v) is 2.71. The van der Waals surface area contributed by atoms with E-state index in [1.54, 1.807) is 11.3 Å². The van der Waals surface area contributed by atoms with Crippen LogP contribution in [0.2, 0.25) is 0 Å². The molecule has 2 N–H and O–H groups in total. The normalized spacial score (nSPS) is 11.0. The molecule has 0 fully saturated rings. The number of fused-ring (bicyclic) bond motifs is 1. The zero-order valence-corrected chi connectivity index (χ0v) is 13.2. The van der Waals surface area contributed by atoms with E-state index in [0.717, 1.165) is 21.6 Å². The first-order valence-electron chi connectivity index (χ1n) is 7.13. The first-order chi connectivity index (χ1) is 10.1. The maximum Gasteiger partial charge on any atom is 0.315 e. The van der Waals surface area contributed by atoms with Gasteiger partial charge in [-0.2, -0.15) is 0 Å². The molecular formula is C15H21N3O2S. The third kappa shape index (κ3) is 5.32. The number of urea groups is 1. The van der Waals surface area contributed by atoms with Crippen molar-refractivity contribution in [2.75, 3.05) is 13.2 Å². The Morgan fingerprint density at radius 3 is 2.90 bits per heavy atom. The van der Waals surface area contributed by atoms with Crippen molar-refractivity contribution in [2.45, 2.75) is 32.9 Å². The molecule has 2 aromatic rings. The summed E-state index contributed by atoms with van der Waals surface area (Å²) >= 11 is 1.60. The highest BCUT2D eigenvalue weighted by molar-refractivity contribution is 7.18. The Labute approximate surface area is 128 Å². The molecule has 2 amide bonds. The lowest BCUT2D eigenvalue weighted by molar-refractivity contribution is 0.0774. The predicted octanol–water partition coefficient (Wildman–Crippen LogP) is 2.91. The number of rotatable bonds is 7. The van der Waals surface area contributed by atoms with Crippen LogP contribution in [0.1, 0.15) is 25.3 Å². The van der Waals surface area contributed by atoms with Gasteiger partial charge in [-0.25, -0.2) is 9.78 Å². The molecule has 0 aliphatic carbocycles. The molecule has 1 aromatic carbocycles. The Bertz CT molecular complexity index is 550. The Morgan fingerprint density at radius 2 is 2.14 bits per heavy atom. The van der Waals surface area contributed by atoms with Crippen molar-refractivity contribution in [3.8, 4) is 0 Å². The van der Waals surface area contributed by atoms with E-state index < -0.39 is 0 Å². The molecule has 0 unspecified atom stereocenters. The molecule has 6 heteroatoms.